The Morgan fingerprint density at radius 3 is 2.45 bits per heavy atom. The van der Waals surface area contributed by atoms with E-state index in [2.05, 4.69) is 12.1 Å². The number of halogens is 1. The zero-order valence-corrected chi connectivity index (χ0v) is 17.5. The summed E-state index contributed by atoms with van der Waals surface area (Å²) < 4.78 is 30.9. The number of hydrogen-bond donors (Lipinski definition) is 0. The first-order valence-electron chi connectivity index (χ1n) is 10.4. The summed E-state index contributed by atoms with van der Waals surface area (Å²) in [5, 5.41) is 0. The van der Waals surface area contributed by atoms with Gasteiger partial charge in [0.05, 0.1) is 31.7 Å². The Morgan fingerprint density at radius 1 is 1.00 bits per heavy atom. The van der Waals surface area contributed by atoms with Crippen molar-refractivity contribution in [2.75, 3.05) is 19.8 Å². The first kappa shape index (κ1) is 21.1. The van der Waals surface area contributed by atoms with Crippen LogP contribution in [0.3, 0.4) is 0 Å². The zero-order chi connectivity index (χ0) is 21.7. The van der Waals surface area contributed by atoms with Crippen molar-refractivity contribution in [1.82, 2.24) is 0 Å². The molecule has 0 atom stereocenters. The van der Waals surface area contributed by atoms with Crippen LogP contribution < -0.4 is 4.74 Å². The Balaban J connectivity index is 1.45. The lowest BCUT2D eigenvalue weighted by molar-refractivity contribution is -0.151. The van der Waals surface area contributed by atoms with Crippen LogP contribution in [0.25, 0.3) is 11.1 Å². The molecule has 5 heteroatoms. The third-order valence-electron chi connectivity index (χ3n) is 5.52. The Bertz CT molecular complexity index is 1040. The van der Waals surface area contributed by atoms with E-state index in [0.29, 0.717) is 19.8 Å². The van der Waals surface area contributed by atoms with Crippen molar-refractivity contribution >= 4 is 5.97 Å². The van der Waals surface area contributed by atoms with E-state index >= 15 is 0 Å². The molecule has 1 aliphatic heterocycles. The largest absolute Gasteiger partial charge is 0.486 e. The van der Waals surface area contributed by atoms with Gasteiger partial charge in [0.25, 0.3) is 0 Å². The van der Waals surface area contributed by atoms with Gasteiger partial charge in [-0.15, -0.1) is 0 Å². The molecule has 1 fully saturated rings. The molecule has 0 aromatic heterocycles. The maximum absolute atomic E-state index is 14.8. The fourth-order valence-electron chi connectivity index (χ4n) is 3.79. The minimum atomic E-state index is -0.532. The van der Waals surface area contributed by atoms with Crippen molar-refractivity contribution in [1.29, 1.82) is 0 Å². The van der Waals surface area contributed by atoms with E-state index in [-0.39, 0.29) is 24.7 Å². The van der Waals surface area contributed by atoms with Crippen LogP contribution in [-0.2, 0) is 26.3 Å². The SMILES string of the molecule is CCOC(=O)CC1(c2ccc(OCc3cccc(-c4ccccc4)c3)c(F)c2)COC1. The molecule has 0 unspecified atom stereocenters. The van der Waals surface area contributed by atoms with Crippen LogP contribution in [0, 0.1) is 5.82 Å². The molecule has 0 amide bonds. The van der Waals surface area contributed by atoms with Gasteiger partial charge in [-0.1, -0.05) is 54.6 Å². The standard InChI is InChI=1S/C26H25FO4/c1-2-30-25(28)15-26(17-29-18-26)22-11-12-24(23(27)14-22)31-16-19-7-6-10-21(13-19)20-8-4-3-5-9-20/h3-14H,2,15-18H2,1H3. The highest BCUT2D eigenvalue weighted by atomic mass is 19.1. The number of carbonyl (C=O) groups is 1. The number of hydrogen-bond acceptors (Lipinski definition) is 4. The summed E-state index contributed by atoms with van der Waals surface area (Å²) in [6.07, 6.45) is 0.173. The molecule has 1 aliphatic rings. The Kier molecular flexibility index (Phi) is 6.33. The third-order valence-corrected chi connectivity index (χ3v) is 5.52. The minimum Gasteiger partial charge on any atom is -0.486 e. The zero-order valence-electron chi connectivity index (χ0n) is 17.5. The van der Waals surface area contributed by atoms with Gasteiger partial charge < -0.3 is 14.2 Å². The molecule has 0 saturated carbocycles. The minimum absolute atomic E-state index is 0.173. The van der Waals surface area contributed by atoms with E-state index in [4.69, 9.17) is 14.2 Å². The van der Waals surface area contributed by atoms with Gasteiger partial charge >= 0.3 is 5.97 Å². The molecule has 0 bridgehead atoms. The molecule has 1 heterocycles. The molecule has 0 spiro atoms. The van der Waals surface area contributed by atoms with Gasteiger partial charge in [-0.3, -0.25) is 4.79 Å². The van der Waals surface area contributed by atoms with E-state index in [0.717, 1.165) is 22.3 Å². The van der Waals surface area contributed by atoms with E-state index in [1.807, 2.05) is 42.5 Å². The number of esters is 1. The van der Waals surface area contributed by atoms with E-state index in [1.165, 1.54) is 6.07 Å². The van der Waals surface area contributed by atoms with Crippen LogP contribution in [0.2, 0.25) is 0 Å². The molecule has 3 aromatic carbocycles. The number of benzene rings is 3. The molecule has 1 saturated heterocycles. The van der Waals surface area contributed by atoms with Gasteiger partial charge in [0.1, 0.15) is 6.61 Å². The first-order valence-corrected chi connectivity index (χ1v) is 10.4. The van der Waals surface area contributed by atoms with Crippen LogP contribution >= 0.6 is 0 Å². The smallest absolute Gasteiger partial charge is 0.306 e. The lowest BCUT2D eigenvalue weighted by atomic mass is 9.76. The maximum atomic E-state index is 14.8. The second-order valence-electron chi connectivity index (χ2n) is 7.76. The maximum Gasteiger partial charge on any atom is 0.306 e. The lowest BCUT2D eigenvalue weighted by Crippen LogP contribution is -2.48. The fraction of sp³-hybridized carbons (Fsp3) is 0.269. The van der Waals surface area contributed by atoms with E-state index in [1.54, 1.807) is 19.1 Å². The normalized spacial score (nSPS) is 14.5. The van der Waals surface area contributed by atoms with Crippen molar-refractivity contribution in [2.24, 2.45) is 0 Å². The molecular weight excluding hydrogens is 395 g/mol. The highest BCUT2D eigenvalue weighted by Gasteiger charge is 2.43. The molecule has 3 aromatic rings. The van der Waals surface area contributed by atoms with Crippen molar-refractivity contribution in [3.8, 4) is 16.9 Å². The molecule has 0 N–H and O–H groups in total. The van der Waals surface area contributed by atoms with Crippen LogP contribution in [0.1, 0.15) is 24.5 Å². The fourth-order valence-corrected chi connectivity index (χ4v) is 3.79. The van der Waals surface area contributed by atoms with Gasteiger partial charge in [0, 0.05) is 0 Å². The van der Waals surface area contributed by atoms with Crippen LogP contribution in [-0.4, -0.2) is 25.8 Å². The van der Waals surface area contributed by atoms with Gasteiger partial charge in [0.2, 0.25) is 0 Å². The summed E-state index contributed by atoms with van der Waals surface area (Å²) in [4.78, 5) is 12.0. The number of carbonyl (C=O) groups excluding carboxylic acids is 1. The summed E-state index contributed by atoms with van der Waals surface area (Å²) in [5.74, 6) is -0.572. The van der Waals surface area contributed by atoms with Gasteiger partial charge in [-0.25, -0.2) is 4.39 Å². The van der Waals surface area contributed by atoms with Gasteiger partial charge in [0.15, 0.2) is 11.6 Å². The molecule has 0 radical (unpaired) electrons. The molecule has 0 aliphatic carbocycles. The summed E-state index contributed by atoms with van der Waals surface area (Å²) in [7, 11) is 0. The van der Waals surface area contributed by atoms with Crippen molar-refractivity contribution < 1.29 is 23.4 Å². The van der Waals surface area contributed by atoms with Crippen molar-refractivity contribution in [2.45, 2.75) is 25.4 Å². The van der Waals surface area contributed by atoms with Gasteiger partial charge in [-0.2, -0.15) is 0 Å². The Morgan fingerprint density at radius 2 is 1.77 bits per heavy atom. The average Bonchev–Trinajstić information content (AvgIpc) is 2.76. The summed E-state index contributed by atoms with van der Waals surface area (Å²) in [5.41, 5.74) is 3.35. The van der Waals surface area contributed by atoms with E-state index in [9.17, 15) is 9.18 Å². The lowest BCUT2D eigenvalue weighted by Gasteiger charge is -2.41. The molecule has 4 rings (SSSR count). The third kappa shape index (κ3) is 4.78. The Labute approximate surface area is 181 Å². The number of ether oxygens (including phenoxy) is 3. The highest BCUT2D eigenvalue weighted by molar-refractivity contribution is 5.72. The predicted octanol–water partition coefficient (Wildman–Crippen LogP) is 5.29. The molecule has 31 heavy (non-hydrogen) atoms. The second-order valence-corrected chi connectivity index (χ2v) is 7.76. The molecule has 160 valence electrons. The van der Waals surface area contributed by atoms with Crippen molar-refractivity contribution in [3.05, 3.63) is 89.7 Å². The summed E-state index contributed by atoms with van der Waals surface area (Å²) in [6, 6.07) is 23.0. The number of rotatable bonds is 8. The average molecular weight is 420 g/mol. The van der Waals surface area contributed by atoms with E-state index < -0.39 is 11.2 Å². The highest BCUT2D eigenvalue weighted by Crippen LogP contribution is 2.38. The first-order chi connectivity index (χ1) is 15.1. The Hall–Kier alpha value is -3.18. The van der Waals surface area contributed by atoms with Gasteiger partial charge in [-0.05, 0) is 47.4 Å². The summed E-state index contributed by atoms with van der Waals surface area (Å²) >= 11 is 0. The van der Waals surface area contributed by atoms with Crippen LogP contribution in [0.4, 0.5) is 4.39 Å². The monoisotopic (exact) mass is 420 g/mol. The summed E-state index contributed by atoms with van der Waals surface area (Å²) in [6.45, 7) is 3.09. The second kappa shape index (κ2) is 9.31. The molecule has 4 nitrogen and oxygen atoms in total. The topological polar surface area (TPSA) is 44.8 Å². The molecular formula is C26H25FO4. The predicted molar refractivity (Wildman–Crippen MR) is 116 cm³/mol. The quantitative estimate of drug-likeness (QED) is 0.465. The van der Waals surface area contributed by atoms with Crippen LogP contribution in [0.15, 0.2) is 72.8 Å². The van der Waals surface area contributed by atoms with Crippen molar-refractivity contribution in [3.63, 3.8) is 0 Å². The van der Waals surface area contributed by atoms with Crippen LogP contribution in [0.5, 0.6) is 5.75 Å².